The fourth-order valence-electron chi connectivity index (χ4n) is 1.18. The van der Waals surface area contributed by atoms with Crippen molar-refractivity contribution in [1.29, 1.82) is 0 Å². The van der Waals surface area contributed by atoms with Gasteiger partial charge in [0.2, 0.25) is 5.28 Å². The highest BCUT2D eigenvalue weighted by Crippen LogP contribution is 2.24. The standard InChI is InChI=1S/C10H7ClN2O2S/c1-15-9(14)7-5-6(12-10(11)13-7)8-3-2-4-16-8/h2-5H,1H3. The number of ether oxygens (including phenoxy) is 1. The summed E-state index contributed by atoms with van der Waals surface area (Å²) in [5.41, 5.74) is 0.779. The monoisotopic (exact) mass is 254 g/mol. The van der Waals surface area contributed by atoms with E-state index in [2.05, 4.69) is 14.7 Å². The molecule has 0 radical (unpaired) electrons. The summed E-state index contributed by atoms with van der Waals surface area (Å²) >= 11 is 7.25. The van der Waals surface area contributed by atoms with Crippen LogP contribution in [0.4, 0.5) is 0 Å². The van der Waals surface area contributed by atoms with Gasteiger partial charge in [-0.1, -0.05) is 6.07 Å². The maximum absolute atomic E-state index is 11.3. The first-order valence-electron chi connectivity index (χ1n) is 4.37. The fourth-order valence-corrected chi connectivity index (χ4v) is 2.05. The molecule has 0 atom stereocenters. The second-order valence-corrected chi connectivity index (χ2v) is 4.16. The molecule has 0 aliphatic heterocycles. The normalized spacial score (nSPS) is 10.1. The number of thiophene rings is 1. The number of nitrogens with zero attached hydrogens (tertiary/aromatic N) is 2. The number of methoxy groups -OCH3 is 1. The molecular formula is C10H7ClN2O2S. The van der Waals surface area contributed by atoms with Gasteiger partial charge < -0.3 is 4.74 Å². The van der Waals surface area contributed by atoms with E-state index in [1.807, 2.05) is 17.5 Å². The van der Waals surface area contributed by atoms with Crippen molar-refractivity contribution in [2.75, 3.05) is 7.11 Å². The smallest absolute Gasteiger partial charge is 0.356 e. The zero-order valence-corrected chi connectivity index (χ0v) is 9.88. The lowest BCUT2D eigenvalue weighted by Crippen LogP contribution is -2.05. The molecule has 16 heavy (non-hydrogen) atoms. The van der Waals surface area contributed by atoms with Crippen molar-refractivity contribution in [3.05, 3.63) is 34.6 Å². The lowest BCUT2D eigenvalue weighted by Gasteiger charge is -2.01. The minimum absolute atomic E-state index is 0.0336. The Morgan fingerprint density at radius 2 is 2.31 bits per heavy atom. The number of aromatic nitrogens is 2. The first kappa shape index (κ1) is 11.0. The number of rotatable bonds is 2. The van der Waals surface area contributed by atoms with Crippen LogP contribution in [0, 0.1) is 0 Å². The van der Waals surface area contributed by atoms with Crippen molar-refractivity contribution in [2.45, 2.75) is 0 Å². The van der Waals surface area contributed by atoms with Crippen LogP contribution in [-0.4, -0.2) is 23.0 Å². The van der Waals surface area contributed by atoms with Gasteiger partial charge in [0.15, 0.2) is 5.69 Å². The third-order valence-electron chi connectivity index (χ3n) is 1.87. The fraction of sp³-hybridized carbons (Fsp3) is 0.100. The predicted molar refractivity (Wildman–Crippen MR) is 61.7 cm³/mol. The summed E-state index contributed by atoms with van der Waals surface area (Å²) in [5.74, 6) is -0.526. The summed E-state index contributed by atoms with van der Waals surface area (Å²) < 4.78 is 4.58. The average Bonchev–Trinajstić information content (AvgIpc) is 2.80. The van der Waals surface area contributed by atoms with Crippen molar-refractivity contribution in [1.82, 2.24) is 9.97 Å². The highest BCUT2D eigenvalue weighted by molar-refractivity contribution is 7.13. The molecule has 0 spiro atoms. The van der Waals surface area contributed by atoms with Crippen LogP contribution in [0.3, 0.4) is 0 Å². The Balaban J connectivity index is 2.48. The predicted octanol–water partition coefficient (Wildman–Crippen LogP) is 2.65. The molecule has 0 bridgehead atoms. The van der Waals surface area contributed by atoms with Gasteiger partial charge >= 0.3 is 5.97 Å². The number of hydrogen-bond acceptors (Lipinski definition) is 5. The molecule has 0 aromatic carbocycles. The third-order valence-corrected chi connectivity index (χ3v) is 2.93. The average molecular weight is 255 g/mol. The molecule has 0 saturated carbocycles. The van der Waals surface area contributed by atoms with E-state index < -0.39 is 5.97 Å². The lowest BCUT2D eigenvalue weighted by atomic mass is 10.3. The molecular weight excluding hydrogens is 248 g/mol. The summed E-state index contributed by atoms with van der Waals surface area (Å²) in [5, 5.41) is 1.95. The van der Waals surface area contributed by atoms with Gasteiger partial charge in [0.05, 0.1) is 17.7 Å². The molecule has 82 valence electrons. The van der Waals surface area contributed by atoms with E-state index in [-0.39, 0.29) is 11.0 Å². The van der Waals surface area contributed by atoms with Crippen molar-refractivity contribution >= 4 is 28.9 Å². The third kappa shape index (κ3) is 2.20. The lowest BCUT2D eigenvalue weighted by molar-refractivity contribution is 0.0594. The minimum Gasteiger partial charge on any atom is -0.464 e. The van der Waals surface area contributed by atoms with Gasteiger partial charge in [0, 0.05) is 0 Å². The van der Waals surface area contributed by atoms with Crippen molar-refractivity contribution in [3.8, 4) is 10.6 Å². The van der Waals surface area contributed by atoms with E-state index in [4.69, 9.17) is 11.6 Å². The summed E-state index contributed by atoms with van der Waals surface area (Å²) in [6.07, 6.45) is 0. The topological polar surface area (TPSA) is 52.1 Å². The Morgan fingerprint density at radius 3 is 2.94 bits per heavy atom. The Kier molecular flexibility index (Phi) is 3.17. The Hall–Kier alpha value is -1.46. The molecule has 0 fully saturated rings. The Morgan fingerprint density at radius 1 is 1.50 bits per heavy atom. The maximum atomic E-state index is 11.3. The SMILES string of the molecule is COC(=O)c1cc(-c2cccs2)nc(Cl)n1. The van der Waals surface area contributed by atoms with E-state index in [1.165, 1.54) is 18.4 Å². The zero-order valence-electron chi connectivity index (χ0n) is 8.31. The second-order valence-electron chi connectivity index (χ2n) is 2.88. The zero-order chi connectivity index (χ0) is 11.5. The van der Waals surface area contributed by atoms with Gasteiger partial charge in [0.1, 0.15) is 0 Å². The molecule has 4 nitrogen and oxygen atoms in total. The van der Waals surface area contributed by atoms with Gasteiger partial charge in [-0.2, -0.15) is 0 Å². The van der Waals surface area contributed by atoms with Crippen LogP contribution < -0.4 is 0 Å². The maximum Gasteiger partial charge on any atom is 0.356 e. The molecule has 0 aliphatic rings. The molecule has 0 saturated heterocycles. The van der Waals surface area contributed by atoms with Gasteiger partial charge in [-0.25, -0.2) is 14.8 Å². The van der Waals surface area contributed by atoms with Crippen molar-refractivity contribution in [2.24, 2.45) is 0 Å². The first-order chi connectivity index (χ1) is 7.70. The first-order valence-corrected chi connectivity index (χ1v) is 5.63. The molecule has 2 aromatic rings. The highest BCUT2D eigenvalue weighted by Gasteiger charge is 2.12. The number of halogens is 1. The molecule has 0 unspecified atom stereocenters. The minimum atomic E-state index is -0.526. The van der Waals surface area contributed by atoms with Crippen LogP contribution >= 0.6 is 22.9 Å². The molecule has 6 heteroatoms. The molecule has 0 N–H and O–H groups in total. The van der Waals surface area contributed by atoms with Crippen LogP contribution in [0.2, 0.25) is 5.28 Å². The van der Waals surface area contributed by atoms with Crippen LogP contribution in [0.1, 0.15) is 10.5 Å². The van der Waals surface area contributed by atoms with Crippen LogP contribution in [0.15, 0.2) is 23.6 Å². The quantitative estimate of drug-likeness (QED) is 0.611. The van der Waals surface area contributed by atoms with E-state index in [0.29, 0.717) is 5.69 Å². The van der Waals surface area contributed by atoms with E-state index in [1.54, 1.807) is 6.07 Å². The van der Waals surface area contributed by atoms with Crippen LogP contribution in [0.5, 0.6) is 0 Å². The summed E-state index contributed by atoms with van der Waals surface area (Å²) in [6, 6.07) is 5.35. The van der Waals surface area contributed by atoms with E-state index in [9.17, 15) is 4.79 Å². The Labute approximate surface area is 101 Å². The van der Waals surface area contributed by atoms with Gasteiger partial charge in [-0.3, -0.25) is 0 Å². The van der Waals surface area contributed by atoms with Crippen LogP contribution in [0.25, 0.3) is 10.6 Å². The molecule has 2 rings (SSSR count). The number of esters is 1. The Bertz CT molecular complexity index is 514. The molecule has 2 heterocycles. The van der Waals surface area contributed by atoms with Crippen LogP contribution in [-0.2, 0) is 4.74 Å². The van der Waals surface area contributed by atoms with Gasteiger partial charge in [-0.05, 0) is 29.1 Å². The highest BCUT2D eigenvalue weighted by atomic mass is 35.5. The number of carbonyl (C=O) groups excluding carboxylic acids is 1. The molecule has 0 amide bonds. The second kappa shape index (κ2) is 4.59. The van der Waals surface area contributed by atoms with Crippen molar-refractivity contribution in [3.63, 3.8) is 0 Å². The summed E-state index contributed by atoms with van der Waals surface area (Å²) in [7, 11) is 1.29. The van der Waals surface area contributed by atoms with Gasteiger partial charge in [0.25, 0.3) is 0 Å². The largest absolute Gasteiger partial charge is 0.464 e. The number of carbonyl (C=O) groups is 1. The van der Waals surface area contributed by atoms with Gasteiger partial charge in [-0.15, -0.1) is 11.3 Å². The molecule has 0 aliphatic carbocycles. The van der Waals surface area contributed by atoms with E-state index >= 15 is 0 Å². The summed E-state index contributed by atoms with van der Waals surface area (Å²) in [4.78, 5) is 20.1. The van der Waals surface area contributed by atoms with E-state index in [0.717, 1.165) is 4.88 Å². The number of hydrogen-bond donors (Lipinski definition) is 0. The summed E-state index contributed by atoms with van der Waals surface area (Å²) in [6.45, 7) is 0. The van der Waals surface area contributed by atoms with Crippen molar-refractivity contribution < 1.29 is 9.53 Å². The molecule has 2 aromatic heterocycles.